The topological polar surface area (TPSA) is 127 Å². The van der Waals surface area contributed by atoms with E-state index in [1.165, 1.54) is 18.3 Å². The van der Waals surface area contributed by atoms with Crippen LogP contribution >= 0.6 is 0 Å². The van der Waals surface area contributed by atoms with Gasteiger partial charge in [0.15, 0.2) is 0 Å². The van der Waals surface area contributed by atoms with Crippen LogP contribution in [0.15, 0.2) is 55.1 Å². The first-order valence-electron chi connectivity index (χ1n) is 13.0. The molecule has 0 unspecified atom stereocenters. The van der Waals surface area contributed by atoms with Crippen LogP contribution in [-0.2, 0) is 17.5 Å². The first-order chi connectivity index (χ1) is 20.2. The summed E-state index contributed by atoms with van der Waals surface area (Å²) in [7, 11) is 0. The van der Waals surface area contributed by atoms with E-state index in [1.807, 2.05) is 4.90 Å². The Morgan fingerprint density at radius 2 is 1.83 bits per heavy atom. The number of H-pyrrole nitrogens is 1. The molecule has 42 heavy (non-hydrogen) atoms. The van der Waals surface area contributed by atoms with E-state index < -0.39 is 17.6 Å². The Kier molecular flexibility index (Phi) is 9.85. The molecule has 3 aromatic heterocycles. The Hall–Kier alpha value is -4.80. The first-order valence-corrected chi connectivity index (χ1v) is 13.0. The molecule has 0 bridgehead atoms. The van der Waals surface area contributed by atoms with Gasteiger partial charge < -0.3 is 15.3 Å². The van der Waals surface area contributed by atoms with Crippen LogP contribution in [0.5, 0.6) is 0 Å². The van der Waals surface area contributed by atoms with Crippen LogP contribution in [0.4, 0.5) is 19.0 Å². The lowest BCUT2D eigenvalue weighted by Crippen LogP contribution is -2.45. The molecule has 0 aliphatic carbocycles. The molecule has 10 nitrogen and oxygen atoms in total. The molecular weight excluding hydrogens is 551 g/mol. The number of pyridine rings is 2. The van der Waals surface area contributed by atoms with Crippen molar-refractivity contribution < 1.29 is 27.9 Å². The molecule has 13 heteroatoms. The number of likely N-dealkylation sites (N-methyl/N-ethyl adjacent to an activating group) is 1. The largest absolute Gasteiger partial charge is 0.483 e. The summed E-state index contributed by atoms with van der Waals surface area (Å²) in [5, 5.41) is 17.1. The minimum atomic E-state index is -4.59. The number of piperazine rings is 1. The minimum Gasteiger partial charge on any atom is -0.483 e. The van der Waals surface area contributed by atoms with Crippen molar-refractivity contribution in [2.45, 2.75) is 19.6 Å². The third kappa shape index (κ3) is 7.68. The molecule has 218 valence electrons. The third-order valence-corrected chi connectivity index (χ3v) is 6.69. The number of anilines is 1. The standard InChI is InChI=1S/C28H26F3N7O.CH2O2/c1-2-37-9-11-38(12-10-37)18-22-6-5-20(14-24(22)28(29,30)31)27(39)35-26-13-19(7-8-33-26)3-4-21-15-32-17-25-23(21)16-34-36-25;2-1-3/h5-8,13-17H,2,9-12,18H2,1H3,(H,34,36)(H,33,35,39);1H,(H,2,3). The Bertz CT molecular complexity index is 1600. The summed E-state index contributed by atoms with van der Waals surface area (Å²) >= 11 is 0. The van der Waals surface area contributed by atoms with Crippen LogP contribution in [0.3, 0.4) is 0 Å². The maximum Gasteiger partial charge on any atom is 0.416 e. The molecule has 4 heterocycles. The molecule has 1 aliphatic rings. The van der Waals surface area contributed by atoms with Gasteiger partial charge in [0.25, 0.3) is 12.4 Å². The highest BCUT2D eigenvalue weighted by Gasteiger charge is 2.34. The van der Waals surface area contributed by atoms with Crippen molar-refractivity contribution >= 4 is 29.1 Å². The average Bonchev–Trinajstić information content (AvgIpc) is 3.46. The Morgan fingerprint density at radius 1 is 1.10 bits per heavy atom. The molecule has 1 aromatic carbocycles. The average molecular weight is 580 g/mol. The number of carboxylic acid groups (broad SMARTS) is 1. The fourth-order valence-electron chi connectivity index (χ4n) is 4.49. The zero-order chi connectivity index (χ0) is 30.1. The molecular formula is C29H28F3N7O3. The summed E-state index contributed by atoms with van der Waals surface area (Å²) in [5.74, 6) is 5.52. The minimum absolute atomic E-state index is 0.0992. The number of fused-ring (bicyclic) bond motifs is 1. The summed E-state index contributed by atoms with van der Waals surface area (Å²) in [6, 6.07) is 6.95. The fraction of sp³-hybridized carbons (Fsp3) is 0.276. The van der Waals surface area contributed by atoms with Gasteiger partial charge in [0.2, 0.25) is 0 Å². The molecule has 0 saturated carbocycles. The zero-order valence-electron chi connectivity index (χ0n) is 22.6. The number of alkyl halides is 3. The fourth-order valence-corrected chi connectivity index (χ4v) is 4.49. The maximum atomic E-state index is 13.9. The number of hydrogen-bond acceptors (Lipinski definition) is 7. The Morgan fingerprint density at radius 3 is 2.55 bits per heavy atom. The second-order valence-electron chi connectivity index (χ2n) is 9.34. The summed E-state index contributed by atoms with van der Waals surface area (Å²) in [5.41, 5.74) is 1.25. The van der Waals surface area contributed by atoms with Crippen LogP contribution in [0, 0.1) is 11.8 Å². The van der Waals surface area contributed by atoms with Crippen molar-refractivity contribution in [3.8, 4) is 11.8 Å². The van der Waals surface area contributed by atoms with E-state index in [-0.39, 0.29) is 30.0 Å². The SMILES string of the molecule is CCN1CCN(Cc2ccc(C(=O)Nc3cc(C#Cc4cncc5[nH]ncc45)ccn3)cc2C(F)(F)F)CC1.O=CO. The van der Waals surface area contributed by atoms with Crippen molar-refractivity contribution in [3.05, 3.63) is 82.9 Å². The lowest BCUT2D eigenvalue weighted by Gasteiger charge is -2.34. The molecule has 0 atom stereocenters. The van der Waals surface area contributed by atoms with Crippen LogP contribution < -0.4 is 5.32 Å². The number of carbonyl (C=O) groups is 2. The predicted octanol–water partition coefficient (Wildman–Crippen LogP) is 3.86. The van der Waals surface area contributed by atoms with Gasteiger partial charge in [-0.05, 0) is 36.4 Å². The molecule has 3 N–H and O–H groups in total. The number of nitrogens with one attached hydrogen (secondary N) is 2. The van der Waals surface area contributed by atoms with Crippen LogP contribution in [0.1, 0.15) is 39.5 Å². The lowest BCUT2D eigenvalue weighted by molar-refractivity contribution is -0.138. The number of benzene rings is 1. The molecule has 0 radical (unpaired) electrons. The number of rotatable bonds is 5. The van der Waals surface area contributed by atoms with Gasteiger partial charge in [0.1, 0.15) is 5.82 Å². The van der Waals surface area contributed by atoms with E-state index in [9.17, 15) is 18.0 Å². The molecule has 5 rings (SSSR count). The van der Waals surface area contributed by atoms with Crippen LogP contribution in [0.2, 0.25) is 0 Å². The van der Waals surface area contributed by atoms with Crippen molar-refractivity contribution in [2.24, 2.45) is 0 Å². The highest BCUT2D eigenvalue weighted by molar-refractivity contribution is 6.04. The van der Waals surface area contributed by atoms with E-state index in [1.54, 1.807) is 30.7 Å². The van der Waals surface area contributed by atoms with Gasteiger partial charge in [-0.1, -0.05) is 24.8 Å². The van der Waals surface area contributed by atoms with E-state index in [0.29, 0.717) is 24.2 Å². The summed E-state index contributed by atoms with van der Waals surface area (Å²) in [6.07, 6.45) is 1.82. The number of hydrogen-bond donors (Lipinski definition) is 3. The van der Waals surface area contributed by atoms with Crippen molar-refractivity contribution in [3.63, 3.8) is 0 Å². The third-order valence-electron chi connectivity index (χ3n) is 6.69. The summed E-state index contributed by atoms with van der Waals surface area (Å²) in [4.78, 5) is 33.8. The van der Waals surface area contributed by atoms with Crippen LogP contribution in [0.25, 0.3) is 10.9 Å². The van der Waals surface area contributed by atoms with E-state index in [2.05, 4.69) is 49.1 Å². The maximum absolute atomic E-state index is 13.9. The quantitative estimate of drug-likeness (QED) is 0.240. The van der Waals surface area contributed by atoms with Gasteiger partial charge in [-0.2, -0.15) is 18.3 Å². The summed E-state index contributed by atoms with van der Waals surface area (Å²) < 4.78 is 41.8. The number of carbonyl (C=O) groups excluding carboxylic acids is 1. The van der Waals surface area contributed by atoms with Crippen molar-refractivity contribution in [1.82, 2.24) is 30.0 Å². The van der Waals surface area contributed by atoms with Gasteiger partial charge in [-0.25, -0.2) is 4.98 Å². The highest BCUT2D eigenvalue weighted by Crippen LogP contribution is 2.33. The van der Waals surface area contributed by atoms with Gasteiger partial charge in [-0.3, -0.25) is 24.6 Å². The smallest absolute Gasteiger partial charge is 0.416 e. The van der Waals surface area contributed by atoms with Crippen molar-refractivity contribution in [1.29, 1.82) is 0 Å². The Labute approximate surface area is 239 Å². The monoisotopic (exact) mass is 579 g/mol. The number of halogens is 3. The molecule has 1 aliphatic heterocycles. The number of aromatic amines is 1. The predicted molar refractivity (Wildman–Crippen MR) is 150 cm³/mol. The second kappa shape index (κ2) is 13.7. The van der Waals surface area contributed by atoms with E-state index in [0.717, 1.165) is 36.6 Å². The van der Waals surface area contributed by atoms with E-state index in [4.69, 9.17) is 9.90 Å². The molecule has 1 amide bonds. The van der Waals surface area contributed by atoms with Gasteiger partial charge in [0.05, 0.1) is 29.0 Å². The summed E-state index contributed by atoms with van der Waals surface area (Å²) in [6.45, 7) is 5.97. The molecule has 4 aromatic rings. The van der Waals surface area contributed by atoms with Crippen LogP contribution in [-0.4, -0.2) is 80.2 Å². The van der Waals surface area contributed by atoms with Gasteiger partial charge in [-0.15, -0.1) is 0 Å². The first kappa shape index (κ1) is 30.2. The normalized spacial score (nSPS) is 13.9. The molecule has 1 saturated heterocycles. The molecule has 0 spiro atoms. The number of aromatic nitrogens is 4. The lowest BCUT2D eigenvalue weighted by atomic mass is 10.0. The zero-order valence-corrected chi connectivity index (χ0v) is 22.6. The highest BCUT2D eigenvalue weighted by atomic mass is 19.4. The second-order valence-corrected chi connectivity index (χ2v) is 9.34. The molecule has 1 fully saturated rings. The van der Waals surface area contributed by atoms with Gasteiger partial charge >= 0.3 is 6.18 Å². The van der Waals surface area contributed by atoms with Crippen molar-refractivity contribution in [2.75, 3.05) is 38.0 Å². The van der Waals surface area contributed by atoms with Gasteiger partial charge in [0, 0.05) is 61.6 Å². The Balaban J connectivity index is 0.00000129. The number of amides is 1. The number of nitrogens with zero attached hydrogens (tertiary/aromatic N) is 5. The van der Waals surface area contributed by atoms with E-state index >= 15 is 0 Å².